The third kappa shape index (κ3) is 3.33. The van der Waals surface area contributed by atoms with Gasteiger partial charge in [-0.25, -0.2) is 4.39 Å². The minimum absolute atomic E-state index is 0.291. The van der Waals surface area contributed by atoms with E-state index in [4.69, 9.17) is 11.6 Å². The first-order valence-electron chi connectivity index (χ1n) is 5.50. The van der Waals surface area contributed by atoms with E-state index in [0.717, 1.165) is 0 Å². The van der Waals surface area contributed by atoms with Crippen molar-refractivity contribution >= 4 is 39.1 Å². The van der Waals surface area contributed by atoms with Gasteiger partial charge in [-0.15, -0.1) is 0 Å². The van der Waals surface area contributed by atoms with Crippen LogP contribution in [0.4, 0.5) is 10.1 Å². The molecule has 0 unspecified atom stereocenters. The first-order valence-corrected chi connectivity index (χ1v) is 6.67. The molecule has 1 N–H and O–H groups in total. The average Bonchev–Trinajstić information content (AvgIpc) is 2.32. The van der Waals surface area contributed by atoms with Crippen LogP contribution in [0.15, 0.2) is 40.9 Å². The number of nitrogens with one attached hydrogen (secondary N) is 1. The van der Waals surface area contributed by atoms with Crippen molar-refractivity contribution in [1.82, 2.24) is 0 Å². The largest absolute Gasteiger partial charge is 0.321 e. The van der Waals surface area contributed by atoms with Crippen LogP contribution < -0.4 is 5.32 Å². The van der Waals surface area contributed by atoms with E-state index in [9.17, 15) is 9.18 Å². The van der Waals surface area contributed by atoms with Crippen molar-refractivity contribution in [3.63, 3.8) is 0 Å². The first-order chi connectivity index (χ1) is 8.97. The number of halogens is 3. The summed E-state index contributed by atoms with van der Waals surface area (Å²) in [6.45, 7) is 1.69. The van der Waals surface area contributed by atoms with E-state index in [2.05, 4.69) is 21.2 Å². The van der Waals surface area contributed by atoms with Crippen LogP contribution in [0.5, 0.6) is 0 Å². The molecule has 0 fully saturated rings. The maximum atomic E-state index is 13.0. The lowest BCUT2D eigenvalue weighted by Crippen LogP contribution is -2.13. The summed E-state index contributed by atoms with van der Waals surface area (Å²) in [5.41, 5.74) is 1.63. The standard InChI is InChI=1S/C14H10BrClFNO/c1-8-6-10(17)3-4-11(8)14(19)18-13-5-2-9(16)7-12(13)15/h2-7H,1H3,(H,18,19). The Morgan fingerprint density at radius 3 is 2.63 bits per heavy atom. The SMILES string of the molecule is Cc1cc(F)ccc1C(=O)Nc1ccc(Cl)cc1Br. The molecule has 0 spiro atoms. The van der Waals surface area contributed by atoms with E-state index in [0.29, 0.717) is 26.3 Å². The second kappa shape index (κ2) is 5.72. The third-order valence-corrected chi connectivity index (χ3v) is 3.50. The molecular weight excluding hydrogens is 333 g/mol. The lowest BCUT2D eigenvalue weighted by molar-refractivity contribution is 0.102. The highest BCUT2D eigenvalue weighted by molar-refractivity contribution is 9.10. The summed E-state index contributed by atoms with van der Waals surface area (Å²) in [4.78, 5) is 12.1. The smallest absolute Gasteiger partial charge is 0.255 e. The van der Waals surface area contributed by atoms with Gasteiger partial charge in [-0.1, -0.05) is 11.6 Å². The zero-order valence-electron chi connectivity index (χ0n) is 10.0. The fourth-order valence-corrected chi connectivity index (χ4v) is 2.44. The van der Waals surface area contributed by atoms with Crippen LogP contribution in [0.2, 0.25) is 5.02 Å². The van der Waals surface area contributed by atoms with Gasteiger partial charge in [-0.2, -0.15) is 0 Å². The van der Waals surface area contributed by atoms with Gasteiger partial charge in [-0.05, 0) is 64.8 Å². The summed E-state index contributed by atoms with van der Waals surface area (Å²) >= 11 is 9.15. The number of hydrogen-bond donors (Lipinski definition) is 1. The summed E-state index contributed by atoms with van der Waals surface area (Å²) in [6, 6.07) is 9.12. The predicted octanol–water partition coefficient (Wildman–Crippen LogP) is 4.80. The van der Waals surface area contributed by atoms with Crippen molar-refractivity contribution in [3.05, 3.63) is 62.8 Å². The molecule has 0 aromatic heterocycles. The van der Waals surface area contributed by atoms with Gasteiger partial charge >= 0.3 is 0 Å². The molecule has 19 heavy (non-hydrogen) atoms. The zero-order valence-corrected chi connectivity index (χ0v) is 12.3. The minimum atomic E-state index is -0.360. The molecule has 0 saturated heterocycles. The van der Waals surface area contributed by atoms with Crippen molar-refractivity contribution in [2.45, 2.75) is 6.92 Å². The minimum Gasteiger partial charge on any atom is -0.321 e. The lowest BCUT2D eigenvalue weighted by atomic mass is 10.1. The molecule has 0 atom stereocenters. The molecule has 0 aliphatic carbocycles. The third-order valence-electron chi connectivity index (χ3n) is 2.61. The molecule has 0 bridgehead atoms. The van der Waals surface area contributed by atoms with Crippen molar-refractivity contribution in [3.8, 4) is 0 Å². The number of amides is 1. The molecule has 0 heterocycles. The van der Waals surface area contributed by atoms with E-state index >= 15 is 0 Å². The molecule has 98 valence electrons. The number of benzene rings is 2. The predicted molar refractivity (Wildman–Crippen MR) is 78.2 cm³/mol. The van der Waals surface area contributed by atoms with Gasteiger partial charge in [0.05, 0.1) is 5.69 Å². The molecule has 0 saturated carbocycles. The quantitative estimate of drug-likeness (QED) is 0.834. The Bertz CT molecular complexity index is 645. The second-order valence-electron chi connectivity index (χ2n) is 4.04. The number of aryl methyl sites for hydroxylation is 1. The fraction of sp³-hybridized carbons (Fsp3) is 0.0714. The Morgan fingerprint density at radius 2 is 2.00 bits per heavy atom. The van der Waals surface area contributed by atoms with Gasteiger partial charge in [-0.3, -0.25) is 4.79 Å². The Kier molecular flexibility index (Phi) is 4.22. The normalized spacial score (nSPS) is 10.3. The van der Waals surface area contributed by atoms with E-state index in [-0.39, 0.29) is 11.7 Å². The Balaban J connectivity index is 2.25. The van der Waals surface area contributed by atoms with E-state index in [1.165, 1.54) is 18.2 Å². The van der Waals surface area contributed by atoms with E-state index in [1.807, 2.05) is 0 Å². The van der Waals surface area contributed by atoms with Crippen molar-refractivity contribution in [1.29, 1.82) is 0 Å². The Labute approximate surface area is 123 Å². The highest BCUT2D eigenvalue weighted by Crippen LogP contribution is 2.26. The van der Waals surface area contributed by atoms with Gasteiger partial charge in [0, 0.05) is 15.1 Å². The molecule has 1 amide bonds. The van der Waals surface area contributed by atoms with Crippen LogP contribution in [0.1, 0.15) is 15.9 Å². The summed E-state index contributed by atoms with van der Waals surface area (Å²) in [5.74, 6) is -0.651. The van der Waals surface area contributed by atoms with Crippen LogP contribution in [0.25, 0.3) is 0 Å². The van der Waals surface area contributed by atoms with Crippen molar-refractivity contribution in [2.24, 2.45) is 0 Å². The number of carbonyl (C=O) groups excluding carboxylic acids is 1. The highest BCUT2D eigenvalue weighted by atomic mass is 79.9. The fourth-order valence-electron chi connectivity index (χ4n) is 1.66. The van der Waals surface area contributed by atoms with Crippen LogP contribution in [-0.2, 0) is 0 Å². The number of carbonyl (C=O) groups is 1. The topological polar surface area (TPSA) is 29.1 Å². The number of anilines is 1. The molecule has 0 aliphatic heterocycles. The van der Waals surface area contributed by atoms with Crippen LogP contribution in [-0.4, -0.2) is 5.91 Å². The number of hydrogen-bond acceptors (Lipinski definition) is 1. The molecule has 5 heteroatoms. The molecule has 2 aromatic rings. The monoisotopic (exact) mass is 341 g/mol. The average molecular weight is 343 g/mol. The molecule has 0 aliphatic rings. The maximum absolute atomic E-state index is 13.0. The van der Waals surface area contributed by atoms with Crippen LogP contribution >= 0.6 is 27.5 Å². The first kappa shape index (κ1) is 14.0. The van der Waals surface area contributed by atoms with Crippen molar-refractivity contribution < 1.29 is 9.18 Å². The van der Waals surface area contributed by atoms with Gasteiger partial charge in [0.25, 0.3) is 5.91 Å². The zero-order chi connectivity index (χ0) is 14.0. The van der Waals surface area contributed by atoms with Gasteiger partial charge in [0.15, 0.2) is 0 Å². The van der Waals surface area contributed by atoms with Gasteiger partial charge in [0.2, 0.25) is 0 Å². The second-order valence-corrected chi connectivity index (χ2v) is 5.33. The summed E-state index contributed by atoms with van der Waals surface area (Å²) < 4.78 is 13.7. The summed E-state index contributed by atoms with van der Waals surface area (Å²) in [7, 11) is 0. The molecule has 0 radical (unpaired) electrons. The molecule has 2 nitrogen and oxygen atoms in total. The van der Waals surface area contributed by atoms with Crippen LogP contribution in [0.3, 0.4) is 0 Å². The molecular formula is C14H10BrClFNO. The summed E-state index contributed by atoms with van der Waals surface area (Å²) in [5, 5.41) is 3.32. The molecule has 2 rings (SSSR count). The Morgan fingerprint density at radius 1 is 1.26 bits per heavy atom. The Hall–Kier alpha value is -1.39. The number of rotatable bonds is 2. The van der Waals surface area contributed by atoms with E-state index in [1.54, 1.807) is 25.1 Å². The highest BCUT2D eigenvalue weighted by Gasteiger charge is 2.11. The summed E-state index contributed by atoms with van der Waals surface area (Å²) in [6.07, 6.45) is 0. The van der Waals surface area contributed by atoms with Gasteiger partial charge < -0.3 is 5.32 Å². The molecule has 2 aromatic carbocycles. The van der Waals surface area contributed by atoms with E-state index < -0.39 is 0 Å². The maximum Gasteiger partial charge on any atom is 0.255 e. The van der Waals surface area contributed by atoms with Gasteiger partial charge in [0.1, 0.15) is 5.82 Å². The lowest BCUT2D eigenvalue weighted by Gasteiger charge is -2.09. The van der Waals surface area contributed by atoms with Crippen LogP contribution in [0, 0.1) is 12.7 Å². The van der Waals surface area contributed by atoms with Crippen molar-refractivity contribution in [2.75, 3.05) is 5.32 Å².